The van der Waals surface area contributed by atoms with E-state index in [1.54, 1.807) is 25.3 Å². The molecule has 0 unspecified atom stereocenters. The molecule has 2 aliphatic rings. The Morgan fingerprint density at radius 3 is 2.85 bits per heavy atom. The molecule has 0 N–H and O–H groups in total. The number of hydrogen-bond acceptors (Lipinski definition) is 4. The SMILES string of the molecule is COc1cccc2cc(C(=O)N3C[C@@H]4C[C@H](C3)c3cccc(=O)n3C4)oc12. The second-order valence-electron chi connectivity index (χ2n) is 7.40. The summed E-state index contributed by atoms with van der Waals surface area (Å²) in [4.78, 5) is 27.1. The lowest BCUT2D eigenvalue weighted by Crippen LogP contribution is -2.49. The minimum Gasteiger partial charge on any atom is -0.493 e. The number of amides is 1. The maximum Gasteiger partial charge on any atom is 0.289 e. The molecule has 1 fully saturated rings. The van der Waals surface area contributed by atoms with Crippen molar-refractivity contribution in [2.24, 2.45) is 5.92 Å². The molecule has 1 aromatic carbocycles. The first-order valence-corrected chi connectivity index (χ1v) is 9.19. The number of fused-ring (bicyclic) bond motifs is 5. The summed E-state index contributed by atoms with van der Waals surface area (Å²) in [6.45, 7) is 1.92. The highest BCUT2D eigenvalue weighted by molar-refractivity contribution is 5.97. The van der Waals surface area contributed by atoms with Crippen LogP contribution in [0.5, 0.6) is 5.75 Å². The average molecular weight is 364 g/mol. The number of para-hydroxylation sites is 1. The number of nitrogens with zero attached hydrogens (tertiary/aromatic N) is 2. The number of piperidine rings is 1. The lowest BCUT2D eigenvalue weighted by Gasteiger charge is -2.42. The van der Waals surface area contributed by atoms with Gasteiger partial charge in [0.2, 0.25) is 0 Å². The van der Waals surface area contributed by atoms with Crippen LogP contribution in [0.2, 0.25) is 0 Å². The van der Waals surface area contributed by atoms with Gasteiger partial charge in [0.25, 0.3) is 11.5 Å². The van der Waals surface area contributed by atoms with Crippen molar-refractivity contribution in [2.45, 2.75) is 18.9 Å². The molecule has 0 spiro atoms. The van der Waals surface area contributed by atoms with Gasteiger partial charge in [-0.3, -0.25) is 9.59 Å². The molecule has 3 aromatic rings. The smallest absolute Gasteiger partial charge is 0.289 e. The second kappa shape index (κ2) is 6.01. The van der Waals surface area contributed by atoms with Crippen molar-refractivity contribution in [1.82, 2.24) is 9.47 Å². The molecule has 0 saturated carbocycles. The van der Waals surface area contributed by atoms with Gasteiger partial charge < -0.3 is 18.6 Å². The number of methoxy groups -OCH3 is 1. The molecule has 2 aromatic heterocycles. The van der Waals surface area contributed by atoms with Gasteiger partial charge in [-0.1, -0.05) is 18.2 Å². The predicted octanol–water partition coefficient (Wildman–Crippen LogP) is 2.86. The molecule has 2 atom stereocenters. The van der Waals surface area contributed by atoms with Crippen LogP contribution < -0.4 is 10.3 Å². The van der Waals surface area contributed by atoms with Crippen LogP contribution in [0.3, 0.4) is 0 Å². The van der Waals surface area contributed by atoms with Crippen LogP contribution in [0, 0.1) is 5.92 Å². The van der Waals surface area contributed by atoms with Gasteiger partial charge in [0, 0.05) is 42.7 Å². The first-order chi connectivity index (χ1) is 13.1. The molecule has 0 radical (unpaired) electrons. The molecular formula is C21H20N2O4. The minimum atomic E-state index is -0.102. The maximum absolute atomic E-state index is 13.1. The Kier molecular flexibility index (Phi) is 3.60. The zero-order valence-electron chi connectivity index (χ0n) is 15.1. The highest BCUT2D eigenvalue weighted by atomic mass is 16.5. The van der Waals surface area contributed by atoms with Crippen LogP contribution in [-0.2, 0) is 6.54 Å². The van der Waals surface area contributed by atoms with Crippen molar-refractivity contribution < 1.29 is 13.9 Å². The van der Waals surface area contributed by atoms with Crippen LogP contribution in [0.1, 0.15) is 28.6 Å². The van der Waals surface area contributed by atoms with Crippen molar-refractivity contribution >= 4 is 16.9 Å². The lowest BCUT2D eigenvalue weighted by atomic mass is 9.83. The standard InChI is InChI=1S/C21H20N2O4/c1-26-17-6-2-4-14-9-18(27-20(14)17)21(25)22-10-13-8-15(12-22)16-5-3-7-19(24)23(16)11-13/h2-7,9,13,15H,8,10-12H2,1H3/t13-,15+/m0/s1. The summed E-state index contributed by atoms with van der Waals surface area (Å²) < 4.78 is 13.0. The number of hydrogen-bond donors (Lipinski definition) is 0. The highest BCUT2D eigenvalue weighted by Crippen LogP contribution is 2.36. The van der Waals surface area contributed by atoms with Crippen molar-refractivity contribution in [3.63, 3.8) is 0 Å². The summed E-state index contributed by atoms with van der Waals surface area (Å²) in [6, 6.07) is 12.8. The number of aromatic nitrogens is 1. The number of ether oxygens (including phenoxy) is 1. The summed E-state index contributed by atoms with van der Waals surface area (Å²) in [5.74, 6) is 1.33. The van der Waals surface area contributed by atoms with E-state index >= 15 is 0 Å². The Morgan fingerprint density at radius 1 is 1.15 bits per heavy atom. The molecule has 0 aliphatic carbocycles. The van der Waals surface area contributed by atoms with Gasteiger partial charge in [0.15, 0.2) is 17.1 Å². The summed E-state index contributed by atoms with van der Waals surface area (Å²) >= 11 is 0. The van der Waals surface area contributed by atoms with Gasteiger partial charge >= 0.3 is 0 Å². The highest BCUT2D eigenvalue weighted by Gasteiger charge is 2.37. The number of carbonyl (C=O) groups is 1. The Morgan fingerprint density at radius 2 is 2.00 bits per heavy atom. The molecule has 1 amide bonds. The van der Waals surface area contributed by atoms with E-state index in [4.69, 9.17) is 9.15 Å². The van der Waals surface area contributed by atoms with E-state index in [1.807, 2.05) is 33.7 Å². The number of rotatable bonds is 2. The van der Waals surface area contributed by atoms with Gasteiger partial charge in [-0.2, -0.15) is 0 Å². The van der Waals surface area contributed by atoms with Gasteiger partial charge in [0.1, 0.15) is 0 Å². The normalized spacial score (nSPS) is 21.1. The zero-order valence-corrected chi connectivity index (χ0v) is 15.1. The van der Waals surface area contributed by atoms with Crippen LogP contribution in [0.4, 0.5) is 0 Å². The Labute approximate surface area is 155 Å². The third kappa shape index (κ3) is 2.55. The van der Waals surface area contributed by atoms with Gasteiger partial charge in [-0.05, 0) is 30.5 Å². The average Bonchev–Trinajstić information content (AvgIpc) is 3.12. The molecule has 4 heterocycles. The largest absolute Gasteiger partial charge is 0.493 e. The Bertz CT molecular complexity index is 1100. The Hall–Kier alpha value is -3.02. The minimum absolute atomic E-state index is 0.0476. The van der Waals surface area contributed by atoms with Crippen LogP contribution in [-0.4, -0.2) is 35.6 Å². The van der Waals surface area contributed by atoms with Gasteiger partial charge in [-0.15, -0.1) is 0 Å². The number of benzene rings is 1. The fraction of sp³-hybridized carbons (Fsp3) is 0.333. The molecule has 1 saturated heterocycles. The molecule has 138 valence electrons. The van der Waals surface area contributed by atoms with Crippen molar-refractivity contribution in [3.8, 4) is 5.75 Å². The van der Waals surface area contributed by atoms with Crippen LogP contribution >= 0.6 is 0 Å². The Balaban J connectivity index is 1.46. The number of carbonyl (C=O) groups excluding carboxylic acids is 1. The topological polar surface area (TPSA) is 64.7 Å². The van der Waals surface area contributed by atoms with E-state index in [1.165, 1.54) is 0 Å². The first kappa shape index (κ1) is 16.2. The van der Waals surface area contributed by atoms with Crippen molar-refractivity contribution in [2.75, 3.05) is 20.2 Å². The van der Waals surface area contributed by atoms with E-state index in [0.717, 1.165) is 17.5 Å². The van der Waals surface area contributed by atoms with Crippen LogP contribution in [0.25, 0.3) is 11.0 Å². The summed E-state index contributed by atoms with van der Waals surface area (Å²) in [6.07, 6.45) is 1.02. The van der Waals surface area contributed by atoms with Gasteiger partial charge in [-0.25, -0.2) is 0 Å². The predicted molar refractivity (Wildman–Crippen MR) is 100 cm³/mol. The van der Waals surface area contributed by atoms with E-state index in [-0.39, 0.29) is 17.4 Å². The first-order valence-electron chi connectivity index (χ1n) is 9.19. The van der Waals surface area contributed by atoms with E-state index < -0.39 is 0 Å². The molecule has 2 bridgehead atoms. The van der Waals surface area contributed by atoms with E-state index in [9.17, 15) is 9.59 Å². The third-order valence-corrected chi connectivity index (χ3v) is 5.71. The van der Waals surface area contributed by atoms with E-state index in [0.29, 0.717) is 42.6 Å². The lowest BCUT2D eigenvalue weighted by molar-refractivity contribution is 0.0566. The zero-order chi connectivity index (χ0) is 18.5. The molecule has 27 heavy (non-hydrogen) atoms. The summed E-state index contributed by atoms with van der Waals surface area (Å²) in [5, 5.41) is 0.854. The fourth-order valence-corrected chi connectivity index (χ4v) is 4.52. The molecular weight excluding hydrogens is 344 g/mol. The maximum atomic E-state index is 13.1. The quantitative estimate of drug-likeness (QED) is 0.701. The van der Waals surface area contributed by atoms with Crippen LogP contribution in [0.15, 0.2) is 51.7 Å². The van der Waals surface area contributed by atoms with Gasteiger partial charge in [0.05, 0.1) is 7.11 Å². The molecule has 2 aliphatic heterocycles. The number of pyridine rings is 1. The van der Waals surface area contributed by atoms with Crippen molar-refractivity contribution in [1.29, 1.82) is 0 Å². The summed E-state index contributed by atoms with van der Waals surface area (Å²) in [5.41, 5.74) is 1.67. The number of likely N-dealkylation sites (tertiary alicyclic amines) is 1. The second-order valence-corrected chi connectivity index (χ2v) is 7.40. The molecule has 6 nitrogen and oxygen atoms in total. The molecule has 6 heteroatoms. The van der Waals surface area contributed by atoms with Crippen molar-refractivity contribution in [3.05, 3.63) is 64.3 Å². The molecule has 5 rings (SSSR count). The number of furan rings is 1. The van der Waals surface area contributed by atoms with E-state index in [2.05, 4.69) is 0 Å². The fourth-order valence-electron chi connectivity index (χ4n) is 4.52. The monoisotopic (exact) mass is 364 g/mol. The third-order valence-electron chi connectivity index (χ3n) is 5.71. The summed E-state index contributed by atoms with van der Waals surface area (Å²) in [7, 11) is 1.59.